The standard InChI is InChI=1S/C28H35N3O6S/c1-28(2,3)37-27(34)31-21-12-9-20(16-21)24(31)26(33)30-23(25(29)32)15-17-5-7-18(8-6-17)19-10-13-22(14-11-19)38(4,35)36/h5-8,10-11,13-14,20-21,23-24H,9,12,15-16H2,1-4H3,(H2,29,32)(H,30,33)/t20-,21+,23-,24-/m0/s1. The Balaban J connectivity index is 1.45. The maximum atomic E-state index is 13.3. The summed E-state index contributed by atoms with van der Waals surface area (Å²) in [6, 6.07) is 12.3. The number of nitrogens with one attached hydrogen (secondary N) is 1. The Bertz CT molecular complexity index is 1320. The minimum absolute atomic E-state index is 0.0226. The monoisotopic (exact) mass is 541 g/mol. The highest BCUT2D eigenvalue weighted by Gasteiger charge is 2.52. The van der Waals surface area contributed by atoms with Crippen LogP contribution in [0.2, 0.25) is 0 Å². The van der Waals surface area contributed by atoms with Crippen LogP contribution < -0.4 is 11.1 Å². The Morgan fingerprint density at radius 2 is 1.61 bits per heavy atom. The number of hydrogen-bond donors (Lipinski definition) is 2. The molecule has 1 aliphatic heterocycles. The molecule has 2 bridgehead atoms. The highest BCUT2D eigenvalue weighted by Crippen LogP contribution is 2.43. The number of piperidine rings is 1. The SMILES string of the molecule is CC(C)(C)OC(=O)N1[C@@H]2CC[C@@H](C2)[C@H]1C(=O)N[C@@H](Cc1ccc(-c2ccc(S(C)(=O)=O)cc2)cc1)C(N)=O. The summed E-state index contributed by atoms with van der Waals surface area (Å²) < 4.78 is 28.9. The van der Waals surface area contributed by atoms with Gasteiger partial charge in [-0.15, -0.1) is 0 Å². The number of likely N-dealkylation sites (tertiary alicyclic amines) is 1. The first-order chi connectivity index (χ1) is 17.7. The van der Waals surface area contributed by atoms with Gasteiger partial charge in [-0.3, -0.25) is 14.5 Å². The number of nitrogens with zero attached hydrogens (tertiary/aromatic N) is 1. The Labute approximate surface area is 223 Å². The van der Waals surface area contributed by atoms with E-state index in [2.05, 4.69) is 5.32 Å². The van der Waals surface area contributed by atoms with Crippen molar-refractivity contribution in [1.29, 1.82) is 0 Å². The molecule has 10 heteroatoms. The first-order valence-corrected chi connectivity index (χ1v) is 14.6. The zero-order valence-corrected chi connectivity index (χ0v) is 23.0. The molecular weight excluding hydrogens is 506 g/mol. The molecule has 2 fully saturated rings. The maximum Gasteiger partial charge on any atom is 0.411 e. The molecule has 38 heavy (non-hydrogen) atoms. The van der Waals surface area contributed by atoms with Gasteiger partial charge >= 0.3 is 6.09 Å². The molecule has 1 saturated carbocycles. The summed E-state index contributed by atoms with van der Waals surface area (Å²) in [6.07, 6.45) is 3.26. The number of carbonyl (C=O) groups excluding carboxylic acids is 3. The molecule has 1 aliphatic carbocycles. The Hall–Kier alpha value is -3.40. The number of benzene rings is 2. The Morgan fingerprint density at radius 3 is 2.13 bits per heavy atom. The Morgan fingerprint density at radius 1 is 1.03 bits per heavy atom. The molecule has 0 unspecified atom stereocenters. The number of nitrogens with two attached hydrogens (primary N) is 1. The fourth-order valence-corrected chi connectivity index (χ4v) is 5.98. The summed E-state index contributed by atoms with van der Waals surface area (Å²) in [5.74, 6) is -1.03. The van der Waals surface area contributed by atoms with E-state index < -0.39 is 45.4 Å². The summed E-state index contributed by atoms with van der Waals surface area (Å²) in [7, 11) is -3.27. The van der Waals surface area contributed by atoms with Crippen molar-refractivity contribution in [3.63, 3.8) is 0 Å². The van der Waals surface area contributed by atoms with Crippen molar-refractivity contribution >= 4 is 27.7 Å². The third-order valence-corrected chi connectivity index (χ3v) is 8.26. The number of rotatable bonds is 7. The fourth-order valence-electron chi connectivity index (χ4n) is 5.35. The number of sulfone groups is 1. The molecule has 1 saturated heterocycles. The van der Waals surface area contributed by atoms with Crippen molar-refractivity contribution in [2.24, 2.45) is 11.7 Å². The quantitative estimate of drug-likeness (QED) is 0.553. The van der Waals surface area contributed by atoms with Crippen molar-refractivity contribution in [3.8, 4) is 11.1 Å². The third kappa shape index (κ3) is 6.18. The van der Waals surface area contributed by atoms with Gasteiger partial charge in [-0.2, -0.15) is 0 Å². The van der Waals surface area contributed by atoms with E-state index in [-0.39, 0.29) is 23.3 Å². The number of hydrogen-bond acceptors (Lipinski definition) is 6. The van der Waals surface area contributed by atoms with Crippen LogP contribution in [0.15, 0.2) is 53.4 Å². The molecule has 2 aromatic carbocycles. The molecule has 2 aliphatic rings. The minimum Gasteiger partial charge on any atom is -0.444 e. The number of carbonyl (C=O) groups is 3. The number of fused-ring (bicyclic) bond motifs is 2. The molecule has 204 valence electrons. The largest absolute Gasteiger partial charge is 0.444 e. The van der Waals surface area contributed by atoms with E-state index in [1.54, 1.807) is 45.0 Å². The lowest BCUT2D eigenvalue weighted by Gasteiger charge is -2.36. The second kappa shape index (κ2) is 10.4. The van der Waals surface area contributed by atoms with Gasteiger partial charge in [0.05, 0.1) is 4.90 Å². The van der Waals surface area contributed by atoms with E-state index in [4.69, 9.17) is 10.5 Å². The van der Waals surface area contributed by atoms with Crippen molar-refractivity contribution < 1.29 is 27.5 Å². The van der Waals surface area contributed by atoms with E-state index in [0.717, 1.165) is 42.2 Å². The van der Waals surface area contributed by atoms with Gasteiger partial charge in [0.1, 0.15) is 17.7 Å². The smallest absolute Gasteiger partial charge is 0.411 e. The maximum absolute atomic E-state index is 13.3. The summed E-state index contributed by atoms with van der Waals surface area (Å²) in [5.41, 5.74) is 7.49. The van der Waals surface area contributed by atoms with Crippen molar-refractivity contribution in [1.82, 2.24) is 10.2 Å². The van der Waals surface area contributed by atoms with Crippen LogP contribution in [0.5, 0.6) is 0 Å². The molecule has 0 spiro atoms. The van der Waals surface area contributed by atoms with Gasteiger partial charge in [-0.25, -0.2) is 13.2 Å². The lowest BCUT2D eigenvalue weighted by molar-refractivity contribution is -0.132. The van der Waals surface area contributed by atoms with Crippen LogP contribution in [0.4, 0.5) is 4.79 Å². The number of amides is 3. The summed E-state index contributed by atoms with van der Waals surface area (Å²) in [6.45, 7) is 5.36. The molecule has 2 aromatic rings. The first-order valence-electron chi connectivity index (χ1n) is 12.7. The van der Waals surface area contributed by atoms with Crippen molar-refractivity contribution in [2.75, 3.05) is 6.26 Å². The van der Waals surface area contributed by atoms with E-state index in [1.807, 2.05) is 24.3 Å². The molecule has 4 rings (SSSR count). The number of primary amides is 1. The van der Waals surface area contributed by atoms with Gasteiger partial charge in [0.2, 0.25) is 11.8 Å². The van der Waals surface area contributed by atoms with Gasteiger partial charge in [-0.05, 0) is 74.8 Å². The predicted molar refractivity (Wildman–Crippen MR) is 143 cm³/mol. The van der Waals surface area contributed by atoms with Gasteiger partial charge in [0.15, 0.2) is 9.84 Å². The zero-order valence-electron chi connectivity index (χ0n) is 22.1. The third-order valence-electron chi connectivity index (χ3n) is 7.13. The van der Waals surface area contributed by atoms with Gasteiger partial charge in [-0.1, -0.05) is 36.4 Å². The molecule has 0 aromatic heterocycles. The molecular formula is C28H35N3O6S. The molecule has 9 nitrogen and oxygen atoms in total. The lowest BCUT2D eigenvalue weighted by atomic mass is 9.96. The number of ether oxygens (including phenoxy) is 1. The highest BCUT2D eigenvalue weighted by molar-refractivity contribution is 7.90. The average Bonchev–Trinajstić information content (AvgIpc) is 3.44. The van der Waals surface area contributed by atoms with Crippen LogP contribution in [0.1, 0.15) is 45.6 Å². The van der Waals surface area contributed by atoms with Crippen LogP contribution >= 0.6 is 0 Å². The van der Waals surface area contributed by atoms with Crippen LogP contribution in [0.25, 0.3) is 11.1 Å². The molecule has 1 heterocycles. The summed E-state index contributed by atoms with van der Waals surface area (Å²) in [5, 5.41) is 2.79. The summed E-state index contributed by atoms with van der Waals surface area (Å²) in [4.78, 5) is 40.3. The summed E-state index contributed by atoms with van der Waals surface area (Å²) >= 11 is 0. The average molecular weight is 542 g/mol. The Kier molecular flexibility index (Phi) is 7.56. The minimum atomic E-state index is -3.27. The van der Waals surface area contributed by atoms with Gasteiger partial charge < -0.3 is 15.8 Å². The second-order valence-corrected chi connectivity index (χ2v) is 13.2. The normalized spacial score (nSPS) is 21.7. The van der Waals surface area contributed by atoms with E-state index >= 15 is 0 Å². The van der Waals surface area contributed by atoms with Crippen molar-refractivity contribution in [2.45, 2.75) is 75.1 Å². The van der Waals surface area contributed by atoms with Crippen molar-refractivity contribution in [3.05, 3.63) is 54.1 Å². The van der Waals surface area contributed by atoms with E-state index in [0.29, 0.717) is 0 Å². The van der Waals surface area contributed by atoms with Gasteiger partial charge in [0, 0.05) is 18.7 Å². The van der Waals surface area contributed by atoms with Crippen LogP contribution in [-0.2, 0) is 30.6 Å². The molecule has 3 amide bonds. The topological polar surface area (TPSA) is 136 Å². The fraction of sp³-hybridized carbons (Fsp3) is 0.464. The predicted octanol–water partition coefficient (Wildman–Crippen LogP) is 3.06. The highest BCUT2D eigenvalue weighted by atomic mass is 32.2. The molecule has 0 radical (unpaired) electrons. The van der Waals surface area contributed by atoms with Crippen LogP contribution in [0, 0.1) is 5.92 Å². The van der Waals surface area contributed by atoms with E-state index in [9.17, 15) is 22.8 Å². The van der Waals surface area contributed by atoms with Gasteiger partial charge in [0.25, 0.3) is 0 Å². The zero-order chi connectivity index (χ0) is 27.8. The lowest BCUT2D eigenvalue weighted by Crippen LogP contribution is -2.57. The van der Waals surface area contributed by atoms with Crippen LogP contribution in [0.3, 0.4) is 0 Å². The molecule has 4 atom stereocenters. The second-order valence-electron chi connectivity index (χ2n) is 11.2. The van der Waals surface area contributed by atoms with E-state index in [1.165, 1.54) is 4.90 Å². The van der Waals surface area contributed by atoms with Crippen LogP contribution in [-0.4, -0.2) is 61.2 Å². The molecule has 3 N–H and O–H groups in total. The first kappa shape index (κ1) is 27.6.